The lowest BCUT2D eigenvalue weighted by Gasteiger charge is -2.33. The van der Waals surface area contributed by atoms with Crippen LogP contribution in [0.2, 0.25) is 0 Å². The molecule has 0 spiro atoms. The molecule has 1 aliphatic heterocycles. The van der Waals surface area contributed by atoms with Gasteiger partial charge in [0.05, 0.1) is 6.04 Å². The fraction of sp³-hybridized carbons (Fsp3) is 0.455. The standard InChI is InChI=1S/C11H15N3O/c1-9(10-3-6-12-7-4-10)14-8-2-5-13-11(14)15/h3-4,6-7,9H,2,5,8H2,1H3,(H,13,15). The van der Waals surface area contributed by atoms with Crippen LogP contribution in [-0.2, 0) is 0 Å². The first-order valence-corrected chi connectivity index (χ1v) is 5.23. The number of aromatic nitrogens is 1. The molecule has 0 saturated carbocycles. The monoisotopic (exact) mass is 205 g/mol. The molecular weight excluding hydrogens is 190 g/mol. The molecule has 1 fully saturated rings. The average Bonchev–Trinajstić information content (AvgIpc) is 2.30. The Kier molecular flexibility index (Phi) is 2.85. The molecule has 2 heterocycles. The van der Waals surface area contributed by atoms with Crippen molar-refractivity contribution in [2.75, 3.05) is 13.1 Å². The molecule has 1 saturated heterocycles. The van der Waals surface area contributed by atoms with E-state index >= 15 is 0 Å². The zero-order valence-corrected chi connectivity index (χ0v) is 8.81. The first-order chi connectivity index (χ1) is 7.29. The van der Waals surface area contributed by atoms with Crippen LogP contribution >= 0.6 is 0 Å². The van der Waals surface area contributed by atoms with Crippen LogP contribution in [0.15, 0.2) is 24.5 Å². The summed E-state index contributed by atoms with van der Waals surface area (Å²) in [6, 6.07) is 4.05. The summed E-state index contributed by atoms with van der Waals surface area (Å²) in [4.78, 5) is 17.4. The summed E-state index contributed by atoms with van der Waals surface area (Å²) in [6.07, 6.45) is 4.53. The summed E-state index contributed by atoms with van der Waals surface area (Å²) in [5, 5.41) is 2.85. The largest absolute Gasteiger partial charge is 0.338 e. The number of hydrogen-bond donors (Lipinski definition) is 1. The van der Waals surface area contributed by atoms with E-state index in [1.807, 2.05) is 24.0 Å². The van der Waals surface area contributed by atoms with Crippen LogP contribution in [0.3, 0.4) is 0 Å². The number of rotatable bonds is 2. The Bertz CT molecular complexity index is 339. The van der Waals surface area contributed by atoms with Crippen LogP contribution in [0.4, 0.5) is 4.79 Å². The Morgan fingerprint density at radius 3 is 2.87 bits per heavy atom. The van der Waals surface area contributed by atoms with Crippen LogP contribution in [0, 0.1) is 0 Å². The number of nitrogens with one attached hydrogen (secondary N) is 1. The van der Waals surface area contributed by atoms with Gasteiger partial charge in [0, 0.05) is 25.5 Å². The zero-order valence-electron chi connectivity index (χ0n) is 8.81. The van der Waals surface area contributed by atoms with E-state index in [1.54, 1.807) is 12.4 Å². The van der Waals surface area contributed by atoms with Crippen molar-refractivity contribution in [3.05, 3.63) is 30.1 Å². The highest BCUT2D eigenvalue weighted by Gasteiger charge is 2.23. The van der Waals surface area contributed by atoms with Crippen molar-refractivity contribution in [3.8, 4) is 0 Å². The lowest BCUT2D eigenvalue weighted by Crippen LogP contribution is -2.47. The third kappa shape index (κ3) is 2.09. The van der Waals surface area contributed by atoms with Gasteiger partial charge in [0.2, 0.25) is 0 Å². The molecular formula is C11H15N3O. The Morgan fingerprint density at radius 1 is 1.47 bits per heavy atom. The van der Waals surface area contributed by atoms with Crippen LogP contribution in [0.5, 0.6) is 0 Å². The third-order valence-electron chi connectivity index (χ3n) is 2.77. The van der Waals surface area contributed by atoms with Crippen molar-refractivity contribution in [1.29, 1.82) is 0 Å². The lowest BCUT2D eigenvalue weighted by atomic mass is 10.1. The van der Waals surface area contributed by atoms with Gasteiger partial charge in [0.15, 0.2) is 0 Å². The van der Waals surface area contributed by atoms with E-state index in [2.05, 4.69) is 10.3 Å². The summed E-state index contributed by atoms with van der Waals surface area (Å²) in [6.45, 7) is 3.66. The van der Waals surface area contributed by atoms with Gasteiger partial charge in [-0.1, -0.05) is 0 Å². The maximum atomic E-state index is 11.6. The number of pyridine rings is 1. The summed E-state index contributed by atoms with van der Waals surface area (Å²) >= 11 is 0. The number of carbonyl (C=O) groups is 1. The highest BCUT2D eigenvalue weighted by Crippen LogP contribution is 2.20. The minimum Gasteiger partial charge on any atom is -0.338 e. The van der Waals surface area contributed by atoms with E-state index in [1.165, 1.54) is 0 Å². The van der Waals surface area contributed by atoms with Crippen LogP contribution in [0.1, 0.15) is 24.9 Å². The Hall–Kier alpha value is -1.58. The topological polar surface area (TPSA) is 45.2 Å². The van der Waals surface area contributed by atoms with Gasteiger partial charge in [0.1, 0.15) is 0 Å². The molecule has 0 bridgehead atoms. The number of nitrogens with zero attached hydrogens (tertiary/aromatic N) is 2. The molecule has 15 heavy (non-hydrogen) atoms. The van der Waals surface area contributed by atoms with Gasteiger partial charge in [-0.2, -0.15) is 0 Å². The molecule has 1 atom stereocenters. The van der Waals surface area contributed by atoms with Crippen molar-refractivity contribution in [2.24, 2.45) is 0 Å². The molecule has 1 aromatic heterocycles. The lowest BCUT2D eigenvalue weighted by molar-refractivity contribution is 0.166. The van der Waals surface area contributed by atoms with E-state index < -0.39 is 0 Å². The van der Waals surface area contributed by atoms with Gasteiger partial charge in [-0.3, -0.25) is 4.98 Å². The summed E-state index contributed by atoms with van der Waals surface area (Å²) in [7, 11) is 0. The molecule has 2 rings (SSSR count). The van der Waals surface area contributed by atoms with Gasteiger partial charge >= 0.3 is 6.03 Å². The highest BCUT2D eigenvalue weighted by molar-refractivity contribution is 5.75. The second-order valence-corrected chi connectivity index (χ2v) is 3.74. The third-order valence-corrected chi connectivity index (χ3v) is 2.77. The van der Waals surface area contributed by atoms with Crippen molar-refractivity contribution in [3.63, 3.8) is 0 Å². The quantitative estimate of drug-likeness (QED) is 0.796. The number of carbonyl (C=O) groups excluding carboxylic acids is 1. The van der Waals surface area contributed by atoms with Crippen molar-refractivity contribution in [1.82, 2.24) is 15.2 Å². The summed E-state index contributed by atoms with van der Waals surface area (Å²) in [5.41, 5.74) is 1.13. The fourth-order valence-electron chi connectivity index (χ4n) is 1.84. The Balaban J connectivity index is 2.13. The van der Waals surface area contributed by atoms with Crippen LogP contribution in [-0.4, -0.2) is 29.0 Å². The maximum absolute atomic E-state index is 11.6. The minimum atomic E-state index is 0.0329. The molecule has 1 N–H and O–H groups in total. The predicted octanol–water partition coefficient (Wildman–Crippen LogP) is 1.56. The van der Waals surface area contributed by atoms with Crippen LogP contribution in [0.25, 0.3) is 0 Å². The number of hydrogen-bond acceptors (Lipinski definition) is 2. The molecule has 4 heteroatoms. The predicted molar refractivity (Wildman–Crippen MR) is 57.4 cm³/mol. The minimum absolute atomic E-state index is 0.0329. The van der Waals surface area contributed by atoms with E-state index in [-0.39, 0.29) is 12.1 Å². The maximum Gasteiger partial charge on any atom is 0.317 e. The Morgan fingerprint density at radius 2 is 2.20 bits per heavy atom. The molecule has 0 radical (unpaired) electrons. The van der Waals surface area contributed by atoms with Gasteiger partial charge < -0.3 is 10.2 Å². The Labute approximate surface area is 89.3 Å². The van der Waals surface area contributed by atoms with Gasteiger partial charge in [0.25, 0.3) is 0 Å². The molecule has 2 amide bonds. The summed E-state index contributed by atoms with van der Waals surface area (Å²) < 4.78 is 0. The molecule has 1 aliphatic rings. The van der Waals surface area contributed by atoms with Crippen LogP contribution < -0.4 is 5.32 Å². The van der Waals surface area contributed by atoms with E-state index in [0.29, 0.717) is 0 Å². The van der Waals surface area contributed by atoms with Gasteiger partial charge in [-0.25, -0.2) is 4.79 Å². The molecule has 4 nitrogen and oxygen atoms in total. The molecule has 1 aromatic rings. The highest BCUT2D eigenvalue weighted by atomic mass is 16.2. The normalized spacial score (nSPS) is 18.5. The van der Waals surface area contributed by atoms with Crippen molar-refractivity contribution < 1.29 is 4.79 Å². The molecule has 0 aliphatic carbocycles. The second kappa shape index (κ2) is 4.29. The number of urea groups is 1. The van der Waals surface area contributed by atoms with E-state index in [9.17, 15) is 4.79 Å². The SMILES string of the molecule is CC(c1ccncc1)N1CCCNC1=O. The van der Waals surface area contributed by atoms with E-state index in [4.69, 9.17) is 0 Å². The average molecular weight is 205 g/mol. The molecule has 0 aromatic carbocycles. The molecule has 80 valence electrons. The summed E-state index contributed by atoms with van der Waals surface area (Å²) in [5.74, 6) is 0. The smallest absolute Gasteiger partial charge is 0.317 e. The fourth-order valence-corrected chi connectivity index (χ4v) is 1.84. The van der Waals surface area contributed by atoms with E-state index in [0.717, 1.165) is 25.1 Å². The number of amides is 2. The molecule has 1 unspecified atom stereocenters. The first kappa shape index (κ1) is 9.96. The van der Waals surface area contributed by atoms with Crippen molar-refractivity contribution in [2.45, 2.75) is 19.4 Å². The zero-order chi connectivity index (χ0) is 10.7. The van der Waals surface area contributed by atoms with Gasteiger partial charge in [-0.05, 0) is 31.0 Å². The van der Waals surface area contributed by atoms with Crippen molar-refractivity contribution >= 4 is 6.03 Å². The van der Waals surface area contributed by atoms with Gasteiger partial charge in [-0.15, -0.1) is 0 Å². The first-order valence-electron chi connectivity index (χ1n) is 5.23. The second-order valence-electron chi connectivity index (χ2n) is 3.74.